The number of amides is 8. The van der Waals surface area contributed by atoms with Gasteiger partial charge < -0.3 is 88.7 Å². The Hall–Kier alpha value is -5.58. The quantitative estimate of drug-likeness (QED) is 0.0468. The van der Waals surface area contributed by atoms with Crippen LogP contribution in [0.15, 0.2) is 24.3 Å². The number of aliphatic hydroxyl groups excluding tert-OH is 7. The lowest BCUT2D eigenvalue weighted by Gasteiger charge is -2.35. The lowest BCUT2D eigenvalue weighted by molar-refractivity contribution is -0.148. The minimum absolute atomic E-state index is 0.0454. The smallest absolute Gasteiger partial charge is 0.248 e. The number of phenolic OH excluding ortho intramolecular Hbond substituents is 1. The van der Waals surface area contributed by atoms with E-state index in [4.69, 9.17) is 11.5 Å². The van der Waals surface area contributed by atoms with Crippen LogP contribution < -0.4 is 43.4 Å². The average molecular weight is 1110 g/mol. The van der Waals surface area contributed by atoms with Crippen molar-refractivity contribution in [3.63, 3.8) is 0 Å². The molecule has 0 aromatic heterocycles. The number of aliphatic hydroxyl groups is 7. The molecule has 0 saturated carbocycles. The Kier molecular flexibility index (Phi) is 26.0. The number of carbonyl (C=O) groups is 8. The number of nitrogens with two attached hydrogens (primary N) is 2. The van der Waals surface area contributed by atoms with Crippen molar-refractivity contribution >= 4 is 47.3 Å². The number of hydrogen-bond donors (Lipinski definition) is 16. The molecule has 1 aromatic carbocycles. The third kappa shape index (κ3) is 18.8. The molecule has 3 aliphatic heterocycles. The van der Waals surface area contributed by atoms with Crippen LogP contribution in [0, 0.1) is 11.8 Å². The first-order valence-electron chi connectivity index (χ1n) is 27.3. The molecular formula is C52H86N10O16. The van der Waals surface area contributed by atoms with E-state index in [9.17, 15) is 79.2 Å². The van der Waals surface area contributed by atoms with E-state index in [1.807, 2.05) is 0 Å². The highest BCUT2D eigenvalue weighted by atomic mass is 16.3. The van der Waals surface area contributed by atoms with Gasteiger partial charge >= 0.3 is 0 Å². The zero-order chi connectivity index (χ0) is 58.0. The molecule has 3 saturated heterocycles. The summed E-state index contributed by atoms with van der Waals surface area (Å²) in [6, 6.07) is -7.06. The van der Waals surface area contributed by atoms with Gasteiger partial charge in [-0.15, -0.1) is 0 Å². The van der Waals surface area contributed by atoms with Crippen LogP contribution in [0.25, 0.3) is 0 Å². The number of benzene rings is 1. The van der Waals surface area contributed by atoms with E-state index in [0.717, 1.165) is 67.4 Å². The number of fused-ring (bicyclic) bond motifs is 2. The Morgan fingerprint density at radius 1 is 0.744 bits per heavy atom. The molecule has 440 valence electrons. The van der Waals surface area contributed by atoms with Crippen molar-refractivity contribution in [3.05, 3.63) is 29.8 Å². The highest BCUT2D eigenvalue weighted by Gasteiger charge is 2.49. The lowest BCUT2D eigenvalue weighted by Crippen LogP contribution is -2.65. The molecule has 18 N–H and O–H groups in total. The molecule has 4 rings (SSSR count). The van der Waals surface area contributed by atoms with Crippen molar-refractivity contribution in [2.45, 2.75) is 203 Å². The Balaban J connectivity index is 1.74. The zero-order valence-electron chi connectivity index (χ0n) is 45.2. The first-order valence-corrected chi connectivity index (χ1v) is 27.3. The highest BCUT2D eigenvalue weighted by molar-refractivity contribution is 5.98. The van der Waals surface area contributed by atoms with Crippen LogP contribution in [0.1, 0.15) is 129 Å². The second-order valence-electron chi connectivity index (χ2n) is 21.4. The monoisotopic (exact) mass is 1110 g/mol. The average Bonchev–Trinajstić information content (AvgIpc) is 4.01. The molecule has 0 bridgehead atoms. The van der Waals surface area contributed by atoms with Gasteiger partial charge in [-0.1, -0.05) is 77.8 Å². The van der Waals surface area contributed by atoms with Gasteiger partial charge in [0, 0.05) is 45.4 Å². The second-order valence-corrected chi connectivity index (χ2v) is 21.4. The van der Waals surface area contributed by atoms with Gasteiger partial charge in [0.1, 0.15) is 60.4 Å². The molecule has 0 aliphatic carbocycles. The number of rotatable bonds is 23. The summed E-state index contributed by atoms with van der Waals surface area (Å²) in [4.78, 5) is 114. The predicted octanol–water partition coefficient (Wildman–Crippen LogP) is -3.79. The van der Waals surface area contributed by atoms with Crippen molar-refractivity contribution in [2.75, 3.05) is 26.2 Å². The van der Waals surface area contributed by atoms with Crippen molar-refractivity contribution in [1.82, 2.24) is 41.7 Å². The van der Waals surface area contributed by atoms with E-state index < -0.39 is 165 Å². The molecule has 26 heteroatoms. The van der Waals surface area contributed by atoms with Crippen LogP contribution in [-0.2, 0) is 38.4 Å². The summed E-state index contributed by atoms with van der Waals surface area (Å²) >= 11 is 0. The molecule has 78 heavy (non-hydrogen) atoms. The van der Waals surface area contributed by atoms with Crippen LogP contribution in [0.5, 0.6) is 5.75 Å². The third-order valence-electron chi connectivity index (χ3n) is 14.8. The molecule has 3 fully saturated rings. The fourth-order valence-electron chi connectivity index (χ4n) is 10.2. The lowest BCUT2D eigenvalue weighted by atomic mass is 9.91. The summed E-state index contributed by atoms with van der Waals surface area (Å²) in [7, 11) is 0. The van der Waals surface area contributed by atoms with E-state index in [-0.39, 0.29) is 37.2 Å². The maximum Gasteiger partial charge on any atom is 0.248 e. The zero-order valence-corrected chi connectivity index (χ0v) is 45.2. The van der Waals surface area contributed by atoms with E-state index in [0.29, 0.717) is 24.7 Å². The number of nitrogens with one attached hydrogen (secondary N) is 6. The predicted molar refractivity (Wildman–Crippen MR) is 280 cm³/mol. The van der Waals surface area contributed by atoms with Crippen molar-refractivity contribution in [3.8, 4) is 5.75 Å². The van der Waals surface area contributed by atoms with Crippen LogP contribution in [0.3, 0.4) is 0 Å². The number of carbonyl (C=O) groups excluding carboxylic acids is 8. The van der Waals surface area contributed by atoms with Gasteiger partial charge in [0.05, 0.1) is 36.9 Å². The van der Waals surface area contributed by atoms with Crippen LogP contribution in [-0.4, -0.2) is 203 Å². The molecular weight excluding hydrogens is 1020 g/mol. The minimum Gasteiger partial charge on any atom is -0.508 e. The Bertz CT molecular complexity index is 2160. The van der Waals surface area contributed by atoms with Crippen molar-refractivity contribution in [2.24, 2.45) is 23.3 Å². The number of aromatic hydroxyl groups is 1. The van der Waals surface area contributed by atoms with E-state index >= 15 is 0 Å². The number of phenols is 1. The molecule has 0 radical (unpaired) electrons. The van der Waals surface area contributed by atoms with Gasteiger partial charge in [-0.05, 0) is 55.7 Å². The SMILES string of the molecule is CC[C@H](C)C[C@H](C)CCCCCCCCC(=O)N[C@H]1C[C@@H](O)[C@H](NCCN)NC(=O)C2[C@@H](O)CCN2C(=O)[C@H]([C@H](O)CC(N)=O)NC(=O)[C@H]([C@H](O)[C@@H](O)c2ccc(O)cc2)NC(=O)C2C[C@@H](O)CN2C(=O)[C@H]([C@@H](C)O)NC1=O. The van der Waals surface area contributed by atoms with Crippen molar-refractivity contribution in [1.29, 1.82) is 0 Å². The van der Waals surface area contributed by atoms with Gasteiger partial charge in [-0.2, -0.15) is 0 Å². The number of unbranched alkanes of at least 4 members (excludes halogenated alkanes) is 5. The number of primary amides is 1. The van der Waals surface area contributed by atoms with Crippen LogP contribution >= 0.6 is 0 Å². The molecule has 26 nitrogen and oxygen atoms in total. The largest absolute Gasteiger partial charge is 0.508 e. The first kappa shape index (κ1) is 64.9. The molecule has 2 unspecified atom stereocenters. The summed E-state index contributed by atoms with van der Waals surface area (Å²) in [6.45, 7) is 6.74. The number of nitrogens with zero attached hydrogens (tertiary/aromatic N) is 2. The normalized spacial score (nSPS) is 28.4. The van der Waals surface area contributed by atoms with Crippen LogP contribution in [0.4, 0.5) is 0 Å². The highest BCUT2D eigenvalue weighted by Crippen LogP contribution is 2.27. The maximum atomic E-state index is 14.6. The fraction of sp³-hybridized carbons (Fsp3) is 0.731. The van der Waals surface area contributed by atoms with Gasteiger partial charge in [-0.25, -0.2) is 0 Å². The molecule has 16 atom stereocenters. The standard InChI is InChI=1S/C52H86N10O16/c1-5-27(2)22-28(3)12-10-8-6-7-9-11-13-39(70)56-33-24-37(68)46(55-20-19-53)60-50(76)43-35(66)18-21-61(43)52(78)41(36(67)25-38(54)69)58-49(75)42(45(72)44(71)30-14-16-31(64)17-15-30)59-48(74)34-23-32(65)26-62(34)51(77)40(29(4)63)57-47(33)73/h14-17,27-29,32-37,40-46,55,63-68,71-72H,5-13,18-26,53H2,1-4H3,(H2,54,69)(H,56,70)(H,57,73)(H,58,75)(H,59,74)(H,60,76)/t27-,28+,29+,32+,33-,34?,35-,36+,37+,40-,41-,42-,43?,44-,45-,46+/m0/s1. The topological polar surface area (TPSA) is 429 Å². The van der Waals surface area contributed by atoms with E-state index in [1.54, 1.807) is 0 Å². The summed E-state index contributed by atoms with van der Waals surface area (Å²) in [5.41, 5.74) is 11.0. The van der Waals surface area contributed by atoms with Gasteiger partial charge in [0.15, 0.2) is 0 Å². The summed E-state index contributed by atoms with van der Waals surface area (Å²) in [5.74, 6) is -8.12. The van der Waals surface area contributed by atoms with Gasteiger partial charge in [0.2, 0.25) is 47.3 Å². The fourth-order valence-corrected chi connectivity index (χ4v) is 10.2. The van der Waals surface area contributed by atoms with Gasteiger partial charge in [0.25, 0.3) is 0 Å². The minimum atomic E-state index is -2.35. The Morgan fingerprint density at radius 2 is 1.36 bits per heavy atom. The summed E-state index contributed by atoms with van der Waals surface area (Å²) in [6.07, 6.45) is -8.60. The summed E-state index contributed by atoms with van der Waals surface area (Å²) < 4.78 is 0. The Labute approximate surface area is 454 Å². The first-order chi connectivity index (χ1) is 36.9. The van der Waals surface area contributed by atoms with Gasteiger partial charge in [-0.3, -0.25) is 43.7 Å². The molecule has 8 amide bonds. The molecule has 1 aromatic rings. The maximum absolute atomic E-state index is 14.6. The molecule has 3 aliphatic rings. The van der Waals surface area contributed by atoms with Crippen LogP contribution in [0.2, 0.25) is 0 Å². The third-order valence-corrected chi connectivity index (χ3v) is 14.8. The molecule has 0 spiro atoms. The van der Waals surface area contributed by atoms with E-state index in [2.05, 4.69) is 52.7 Å². The van der Waals surface area contributed by atoms with E-state index in [1.165, 1.54) is 18.6 Å². The Morgan fingerprint density at radius 3 is 1.99 bits per heavy atom. The van der Waals surface area contributed by atoms with Crippen molar-refractivity contribution < 1.29 is 79.2 Å². The second kappa shape index (κ2) is 31.3. The summed E-state index contributed by atoms with van der Waals surface area (Å²) in [5, 5.41) is 104. The number of hydrogen-bond acceptors (Lipinski definition) is 18. The molecule has 3 heterocycles.